The molecule has 0 aliphatic carbocycles. The summed E-state index contributed by atoms with van der Waals surface area (Å²) in [5.41, 5.74) is 0. The van der Waals surface area contributed by atoms with Crippen LogP contribution < -0.4 is 0 Å². The minimum Gasteiger partial charge on any atom is -0.353 e. The zero-order valence-electron chi connectivity index (χ0n) is 11.1. The van der Waals surface area contributed by atoms with Gasteiger partial charge in [-0.1, -0.05) is 18.2 Å². The molecular formula is C16H20O2S. The first kappa shape index (κ1) is 13.1. The van der Waals surface area contributed by atoms with Crippen LogP contribution >= 0.6 is 11.3 Å². The maximum atomic E-state index is 5.76. The molecule has 0 spiro atoms. The van der Waals surface area contributed by atoms with Gasteiger partial charge in [-0.3, -0.25) is 0 Å². The van der Waals surface area contributed by atoms with Crippen LogP contribution in [0.4, 0.5) is 0 Å². The molecule has 102 valence electrons. The molecule has 0 amide bonds. The topological polar surface area (TPSA) is 18.5 Å². The van der Waals surface area contributed by atoms with E-state index < -0.39 is 0 Å². The lowest BCUT2D eigenvalue weighted by molar-refractivity contribution is -0.162. The molecule has 2 heterocycles. The highest BCUT2D eigenvalue weighted by Gasteiger charge is 2.13. The lowest BCUT2D eigenvalue weighted by atomic mass is 10.2. The summed E-state index contributed by atoms with van der Waals surface area (Å²) < 4.78 is 12.7. The molecule has 2 nitrogen and oxygen atoms in total. The van der Waals surface area contributed by atoms with Gasteiger partial charge in [-0.15, -0.1) is 11.3 Å². The minimum atomic E-state index is 0.0520. The van der Waals surface area contributed by atoms with Crippen LogP contribution in [0.2, 0.25) is 0 Å². The first-order valence-corrected chi connectivity index (χ1v) is 7.94. The molecule has 3 rings (SSSR count). The van der Waals surface area contributed by atoms with Crippen molar-refractivity contribution in [2.75, 3.05) is 13.2 Å². The van der Waals surface area contributed by atoms with Crippen molar-refractivity contribution in [2.24, 2.45) is 0 Å². The average Bonchev–Trinajstić information content (AvgIpc) is 2.87. The van der Waals surface area contributed by atoms with Gasteiger partial charge in [-0.2, -0.15) is 0 Å². The van der Waals surface area contributed by atoms with Crippen LogP contribution in [0.25, 0.3) is 10.1 Å². The summed E-state index contributed by atoms with van der Waals surface area (Å²) in [5, 5.41) is 1.36. The summed E-state index contributed by atoms with van der Waals surface area (Å²) in [6, 6.07) is 10.9. The zero-order valence-corrected chi connectivity index (χ0v) is 12.0. The fourth-order valence-electron chi connectivity index (χ4n) is 2.46. The van der Waals surface area contributed by atoms with Gasteiger partial charge in [0.15, 0.2) is 6.29 Å². The first-order chi connectivity index (χ1) is 9.42. The molecule has 1 unspecified atom stereocenters. The second kappa shape index (κ2) is 6.51. The molecule has 1 aliphatic rings. The van der Waals surface area contributed by atoms with Crippen LogP contribution in [0.5, 0.6) is 0 Å². The van der Waals surface area contributed by atoms with E-state index in [4.69, 9.17) is 9.47 Å². The number of rotatable bonds is 5. The van der Waals surface area contributed by atoms with E-state index in [0.29, 0.717) is 0 Å². The fourth-order valence-corrected chi connectivity index (χ4v) is 3.57. The monoisotopic (exact) mass is 276 g/mol. The van der Waals surface area contributed by atoms with Crippen LogP contribution in [0, 0.1) is 0 Å². The molecule has 0 radical (unpaired) electrons. The predicted molar refractivity (Wildman–Crippen MR) is 79.7 cm³/mol. The van der Waals surface area contributed by atoms with Crippen molar-refractivity contribution in [1.29, 1.82) is 0 Å². The Morgan fingerprint density at radius 2 is 2.21 bits per heavy atom. The third kappa shape index (κ3) is 3.56. The van der Waals surface area contributed by atoms with Gasteiger partial charge in [0.1, 0.15) is 0 Å². The molecule has 0 bridgehead atoms. The number of benzene rings is 1. The maximum absolute atomic E-state index is 5.76. The van der Waals surface area contributed by atoms with Crippen LogP contribution in [-0.4, -0.2) is 19.5 Å². The lowest BCUT2D eigenvalue weighted by Crippen LogP contribution is -2.22. The van der Waals surface area contributed by atoms with Gasteiger partial charge in [0.25, 0.3) is 0 Å². The van der Waals surface area contributed by atoms with Crippen molar-refractivity contribution in [1.82, 2.24) is 0 Å². The normalized spacial score (nSPS) is 19.9. The summed E-state index contributed by atoms with van der Waals surface area (Å²) in [4.78, 5) is 1.45. The Hall–Kier alpha value is -0.900. The summed E-state index contributed by atoms with van der Waals surface area (Å²) in [7, 11) is 0. The van der Waals surface area contributed by atoms with Gasteiger partial charge in [0, 0.05) is 16.2 Å². The van der Waals surface area contributed by atoms with Crippen molar-refractivity contribution in [3.63, 3.8) is 0 Å². The van der Waals surface area contributed by atoms with Crippen molar-refractivity contribution in [3.05, 3.63) is 35.2 Å². The smallest absolute Gasteiger partial charge is 0.157 e. The van der Waals surface area contributed by atoms with Gasteiger partial charge < -0.3 is 9.47 Å². The summed E-state index contributed by atoms with van der Waals surface area (Å²) in [6.45, 7) is 1.67. The van der Waals surface area contributed by atoms with E-state index in [0.717, 1.165) is 32.5 Å². The molecule has 0 saturated carbocycles. The van der Waals surface area contributed by atoms with Crippen molar-refractivity contribution < 1.29 is 9.47 Å². The SMILES string of the molecule is c1ccc2sc(CCCOC3CCCCO3)cc2c1. The van der Waals surface area contributed by atoms with Crippen LogP contribution in [0.15, 0.2) is 30.3 Å². The second-order valence-corrected chi connectivity index (χ2v) is 6.19. The maximum Gasteiger partial charge on any atom is 0.157 e. The van der Waals surface area contributed by atoms with Gasteiger partial charge in [-0.05, 0) is 49.6 Å². The number of hydrogen-bond acceptors (Lipinski definition) is 3. The number of fused-ring (bicyclic) bond motifs is 1. The molecular weight excluding hydrogens is 256 g/mol. The molecule has 3 heteroatoms. The summed E-state index contributed by atoms with van der Waals surface area (Å²) in [6.07, 6.45) is 5.71. The second-order valence-electron chi connectivity index (χ2n) is 5.02. The van der Waals surface area contributed by atoms with Gasteiger partial charge >= 0.3 is 0 Å². The number of thiophene rings is 1. The standard InChI is InChI=1S/C16H20O2S/c1-2-8-15-13(6-1)12-14(19-15)7-5-11-18-16-9-3-4-10-17-16/h1-2,6,8,12,16H,3-5,7,9-11H2. The molecule has 1 aromatic carbocycles. The number of ether oxygens (including phenoxy) is 2. The first-order valence-electron chi connectivity index (χ1n) is 7.12. The molecule has 1 saturated heterocycles. The van der Waals surface area contributed by atoms with Crippen molar-refractivity contribution in [2.45, 2.75) is 38.4 Å². The number of hydrogen-bond donors (Lipinski definition) is 0. The number of aryl methyl sites for hydroxylation is 1. The highest BCUT2D eigenvalue weighted by molar-refractivity contribution is 7.19. The lowest BCUT2D eigenvalue weighted by Gasteiger charge is -2.22. The van der Waals surface area contributed by atoms with E-state index >= 15 is 0 Å². The highest BCUT2D eigenvalue weighted by Crippen LogP contribution is 2.26. The Labute approximate surface area is 118 Å². The minimum absolute atomic E-state index is 0.0520. The van der Waals surface area contributed by atoms with E-state index in [2.05, 4.69) is 30.3 Å². The predicted octanol–water partition coefficient (Wildman–Crippen LogP) is 4.38. The molecule has 1 aromatic heterocycles. The van der Waals surface area contributed by atoms with Crippen molar-refractivity contribution in [3.8, 4) is 0 Å². The molecule has 1 fully saturated rings. The highest BCUT2D eigenvalue weighted by atomic mass is 32.1. The van der Waals surface area contributed by atoms with Gasteiger partial charge in [0.05, 0.1) is 6.61 Å². The summed E-state index contributed by atoms with van der Waals surface area (Å²) in [5.74, 6) is 0. The Morgan fingerprint density at radius 1 is 1.26 bits per heavy atom. The Bertz CT molecular complexity index is 481. The largest absolute Gasteiger partial charge is 0.353 e. The molecule has 1 atom stereocenters. The van der Waals surface area contributed by atoms with Crippen LogP contribution in [0.3, 0.4) is 0 Å². The van der Waals surface area contributed by atoms with Gasteiger partial charge in [-0.25, -0.2) is 0 Å². The quantitative estimate of drug-likeness (QED) is 0.755. The molecule has 19 heavy (non-hydrogen) atoms. The van der Waals surface area contributed by atoms with E-state index in [1.54, 1.807) is 0 Å². The molecule has 0 N–H and O–H groups in total. The molecule has 2 aromatic rings. The van der Waals surface area contributed by atoms with Gasteiger partial charge in [0.2, 0.25) is 0 Å². The summed E-state index contributed by atoms with van der Waals surface area (Å²) >= 11 is 1.90. The van der Waals surface area contributed by atoms with E-state index in [1.165, 1.54) is 27.8 Å². The van der Waals surface area contributed by atoms with Crippen molar-refractivity contribution >= 4 is 21.4 Å². The third-order valence-electron chi connectivity index (χ3n) is 3.49. The Balaban J connectivity index is 1.44. The van der Waals surface area contributed by atoms with E-state index in [1.807, 2.05) is 11.3 Å². The van der Waals surface area contributed by atoms with E-state index in [-0.39, 0.29) is 6.29 Å². The Kier molecular flexibility index (Phi) is 4.49. The average molecular weight is 276 g/mol. The van der Waals surface area contributed by atoms with Crippen LogP contribution in [0.1, 0.15) is 30.6 Å². The Morgan fingerprint density at radius 3 is 3.05 bits per heavy atom. The zero-order chi connectivity index (χ0) is 12.9. The third-order valence-corrected chi connectivity index (χ3v) is 4.66. The molecule has 1 aliphatic heterocycles. The van der Waals surface area contributed by atoms with E-state index in [9.17, 15) is 0 Å². The fraction of sp³-hybridized carbons (Fsp3) is 0.500. The van der Waals surface area contributed by atoms with Crippen LogP contribution in [-0.2, 0) is 15.9 Å².